The summed E-state index contributed by atoms with van der Waals surface area (Å²) >= 11 is 0. The first-order valence-electron chi connectivity index (χ1n) is 17.2. The molecule has 2 aromatic heterocycles. The molecule has 0 aliphatic heterocycles. The van der Waals surface area contributed by atoms with E-state index in [0.29, 0.717) is 0 Å². The van der Waals surface area contributed by atoms with Crippen LogP contribution < -0.4 is 9.80 Å². The van der Waals surface area contributed by atoms with Crippen molar-refractivity contribution < 1.29 is 0 Å². The van der Waals surface area contributed by atoms with Gasteiger partial charge >= 0.3 is 0 Å². The largest absolute Gasteiger partial charge is 0.311 e. The molecule has 0 unspecified atom stereocenters. The number of nitrogens with zero attached hydrogens (tertiary/aromatic N) is 4. The molecule has 0 aliphatic carbocycles. The van der Waals surface area contributed by atoms with Crippen LogP contribution in [0.3, 0.4) is 0 Å². The van der Waals surface area contributed by atoms with Crippen molar-refractivity contribution in [2.45, 2.75) is 0 Å². The van der Waals surface area contributed by atoms with Gasteiger partial charge in [-0.05, 0) is 107 Å². The van der Waals surface area contributed by atoms with Crippen LogP contribution in [0.15, 0.2) is 207 Å². The maximum absolute atomic E-state index is 4.83. The first kappa shape index (κ1) is 30.2. The van der Waals surface area contributed by atoms with Gasteiger partial charge in [-0.3, -0.25) is 0 Å². The third kappa shape index (κ3) is 5.90. The summed E-state index contributed by atoms with van der Waals surface area (Å²) in [6, 6.07) is 68.6. The zero-order valence-corrected chi connectivity index (χ0v) is 27.9. The highest BCUT2D eigenvalue weighted by Gasteiger charge is 2.17. The molecule has 9 rings (SSSR count). The number of pyridine rings is 1. The summed E-state index contributed by atoms with van der Waals surface area (Å²) in [6.07, 6.45) is 4.11. The van der Waals surface area contributed by atoms with E-state index in [4.69, 9.17) is 4.98 Å². The van der Waals surface area contributed by atoms with Gasteiger partial charge in [-0.1, -0.05) is 109 Å². The normalized spacial score (nSPS) is 11.1. The number of aromatic nitrogens is 2. The molecule has 0 saturated heterocycles. The number of rotatable bonds is 8. The van der Waals surface area contributed by atoms with Crippen LogP contribution in [0.1, 0.15) is 0 Å². The topological polar surface area (TPSA) is 23.8 Å². The van der Waals surface area contributed by atoms with E-state index in [0.717, 1.165) is 51.0 Å². The van der Waals surface area contributed by atoms with Crippen molar-refractivity contribution in [3.63, 3.8) is 0 Å². The smallest absolute Gasteiger partial charge is 0.137 e. The molecule has 0 radical (unpaired) electrons. The molecule has 0 bridgehead atoms. The Hall–Kier alpha value is -6.91. The Bertz CT molecular complexity index is 2520. The molecule has 51 heavy (non-hydrogen) atoms. The molecule has 0 spiro atoms. The maximum Gasteiger partial charge on any atom is 0.137 e. The fraction of sp³-hybridized carbons (Fsp3) is 0. The third-order valence-corrected chi connectivity index (χ3v) is 9.41. The molecule has 0 atom stereocenters. The molecule has 0 saturated carbocycles. The van der Waals surface area contributed by atoms with Gasteiger partial charge in [0.25, 0.3) is 0 Å². The van der Waals surface area contributed by atoms with E-state index >= 15 is 0 Å². The first-order valence-corrected chi connectivity index (χ1v) is 17.2. The van der Waals surface area contributed by atoms with Gasteiger partial charge in [0.05, 0.1) is 5.69 Å². The molecular weight excluding hydrogens is 621 g/mol. The van der Waals surface area contributed by atoms with Gasteiger partial charge in [0, 0.05) is 52.1 Å². The van der Waals surface area contributed by atoms with Crippen molar-refractivity contribution in [1.29, 1.82) is 0 Å². The van der Waals surface area contributed by atoms with Gasteiger partial charge in [-0.2, -0.15) is 0 Å². The summed E-state index contributed by atoms with van der Waals surface area (Å²) < 4.78 is 2.05. The number of benzene rings is 7. The SMILES string of the molecule is c1ccc(N(c2ccc(-c3cn4ccccc4n3)cc2)c2ccc(N(c3ccccc3)c3ccc(-c4cccc5ccccc45)cc3)cc2)cc1. The van der Waals surface area contributed by atoms with Gasteiger partial charge in [-0.25, -0.2) is 4.98 Å². The molecule has 4 heteroatoms. The average Bonchev–Trinajstić information content (AvgIpc) is 3.65. The monoisotopic (exact) mass is 654 g/mol. The van der Waals surface area contributed by atoms with E-state index in [-0.39, 0.29) is 0 Å². The van der Waals surface area contributed by atoms with Gasteiger partial charge in [0.2, 0.25) is 0 Å². The molecule has 242 valence electrons. The number of para-hydroxylation sites is 2. The number of fused-ring (bicyclic) bond motifs is 2. The van der Waals surface area contributed by atoms with Crippen LogP contribution in [0, 0.1) is 0 Å². The predicted molar refractivity (Wildman–Crippen MR) is 213 cm³/mol. The summed E-state index contributed by atoms with van der Waals surface area (Å²) in [5.74, 6) is 0. The number of hydrogen-bond donors (Lipinski definition) is 0. The van der Waals surface area contributed by atoms with Crippen LogP contribution in [0.4, 0.5) is 34.1 Å². The molecule has 0 aliphatic rings. The van der Waals surface area contributed by atoms with Gasteiger partial charge < -0.3 is 14.2 Å². The van der Waals surface area contributed by atoms with Crippen LogP contribution in [-0.4, -0.2) is 9.38 Å². The summed E-state index contributed by atoms with van der Waals surface area (Å²) in [6.45, 7) is 0. The van der Waals surface area contributed by atoms with E-state index in [1.165, 1.54) is 21.9 Å². The van der Waals surface area contributed by atoms with Gasteiger partial charge in [-0.15, -0.1) is 0 Å². The van der Waals surface area contributed by atoms with Crippen LogP contribution in [0.5, 0.6) is 0 Å². The fourth-order valence-electron chi connectivity index (χ4n) is 6.92. The summed E-state index contributed by atoms with van der Waals surface area (Å²) in [7, 11) is 0. The average molecular weight is 655 g/mol. The van der Waals surface area contributed by atoms with E-state index in [1.54, 1.807) is 0 Å². The van der Waals surface area contributed by atoms with Crippen molar-refractivity contribution in [3.8, 4) is 22.4 Å². The highest BCUT2D eigenvalue weighted by atomic mass is 15.2. The summed E-state index contributed by atoms with van der Waals surface area (Å²) in [5.41, 5.74) is 11.9. The standard InChI is InChI=1S/C47H34N4/c1-3-14-38(15-4-1)50(40-25-21-36(22-26-40)45-19-11-13-35-12-7-8-18-44(35)45)42-29-31-43(32-30-42)51(39-16-5-2-6-17-39)41-27-23-37(24-28-41)46-34-49-33-10-9-20-47(49)48-46/h1-34H. The highest BCUT2D eigenvalue weighted by molar-refractivity contribution is 5.97. The lowest BCUT2D eigenvalue weighted by Gasteiger charge is -2.28. The molecule has 4 nitrogen and oxygen atoms in total. The fourth-order valence-corrected chi connectivity index (χ4v) is 6.92. The molecule has 7 aromatic carbocycles. The third-order valence-electron chi connectivity index (χ3n) is 9.41. The van der Waals surface area contributed by atoms with Crippen LogP contribution in [-0.2, 0) is 0 Å². The maximum atomic E-state index is 4.83. The lowest BCUT2D eigenvalue weighted by molar-refractivity contribution is 1.19. The first-order chi connectivity index (χ1) is 25.3. The van der Waals surface area contributed by atoms with E-state index in [1.807, 2.05) is 24.4 Å². The zero-order chi connectivity index (χ0) is 34.0. The van der Waals surface area contributed by atoms with Crippen LogP contribution in [0.2, 0.25) is 0 Å². The second kappa shape index (κ2) is 13.2. The number of hydrogen-bond acceptors (Lipinski definition) is 3. The quantitative estimate of drug-likeness (QED) is 0.163. The Kier molecular flexibility index (Phi) is 7.80. The Morgan fingerprint density at radius 3 is 1.43 bits per heavy atom. The zero-order valence-electron chi connectivity index (χ0n) is 27.9. The minimum Gasteiger partial charge on any atom is -0.311 e. The molecular formula is C47H34N4. The highest BCUT2D eigenvalue weighted by Crippen LogP contribution is 2.40. The number of anilines is 6. The molecule has 0 N–H and O–H groups in total. The summed E-state index contributed by atoms with van der Waals surface area (Å²) in [4.78, 5) is 9.43. The van der Waals surface area contributed by atoms with Crippen molar-refractivity contribution in [3.05, 3.63) is 207 Å². The van der Waals surface area contributed by atoms with E-state index in [2.05, 4.69) is 196 Å². The Balaban J connectivity index is 1.06. The van der Waals surface area contributed by atoms with Crippen LogP contribution in [0.25, 0.3) is 38.8 Å². The van der Waals surface area contributed by atoms with E-state index in [9.17, 15) is 0 Å². The Morgan fingerprint density at radius 2 is 0.843 bits per heavy atom. The second-order valence-electron chi connectivity index (χ2n) is 12.6. The second-order valence-corrected chi connectivity index (χ2v) is 12.6. The minimum absolute atomic E-state index is 0.938. The van der Waals surface area contributed by atoms with Crippen molar-refractivity contribution in [1.82, 2.24) is 9.38 Å². The molecule has 0 fully saturated rings. The predicted octanol–water partition coefficient (Wildman–Crippen LogP) is 12.8. The Labute approximate surface area is 297 Å². The Morgan fingerprint density at radius 1 is 0.373 bits per heavy atom. The lowest BCUT2D eigenvalue weighted by Crippen LogP contribution is -2.12. The molecule has 9 aromatic rings. The minimum atomic E-state index is 0.938. The van der Waals surface area contributed by atoms with Gasteiger partial charge in [0.1, 0.15) is 5.65 Å². The van der Waals surface area contributed by atoms with Crippen LogP contribution >= 0.6 is 0 Å². The number of imidazole rings is 1. The van der Waals surface area contributed by atoms with Crippen molar-refractivity contribution >= 4 is 50.5 Å². The van der Waals surface area contributed by atoms with Crippen molar-refractivity contribution in [2.75, 3.05) is 9.80 Å². The molecule has 2 heterocycles. The van der Waals surface area contributed by atoms with Gasteiger partial charge in [0.15, 0.2) is 0 Å². The summed E-state index contributed by atoms with van der Waals surface area (Å²) in [5, 5.41) is 2.51. The molecule has 0 amide bonds. The lowest BCUT2D eigenvalue weighted by atomic mass is 9.98. The van der Waals surface area contributed by atoms with E-state index < -0.39 is 0 Å². The van der Waals surface area contributed by atoms with Crippen molar-refractivity contribution in [2.24, 2.45) is 0 Å².